The number of esters is 1. The van der Waals surface area contributed by atoms with Gasteiger partial charge in [-0.1, -0.05) is 49.4 Å². The summed E-state index contributed by atoms with van der Waals surface area (Å²) in [5.74, 6) is -0.367. The third-order valence-corrected chi connectivity index (χ3v) is 5.94. The van der Waals surface area contributed by atoms with Gasteiger partial charge in [0, 0.05) is 13.1 Å². The smallest absolute Gasteiger partial charge is 0.325 e. The van der Waals surface area contributed by atoms with Crippen LogP contribution in [0.2, 0.25) is 0 Å². The summed E-state index contributed by atoms with van der Waals surface area (Å²) in [5, 5.41) is 4.66. The number of ether oxygens (including phenoxy) is 1. The highest BCUT2D eigenvalue weighted by Crippen LogP contribution is 2.26. The second-order valence-corrected chi connectivity index (χ2v) is 8.17. The van der Waals surface area contributed by atoms with Crippen LogP contribution in [0.4, 0.5) is 0 Å². The number of rotatable bonds is 7. The van der Waals surface area contributed by atoms with Crippen molar-refractivity contribution in [3.8, 4) is 0 Å². The maximum absolute atomic E-state index is 12.3. The zero-order chi connectivity index (χ0) is 21.5. The largest absolute Gasteiger partial charge is 0.454 e. The number of hydrogen-bond acceptors (Lipinski definition) is 4. The van der Waals surface area contributed by atoms with Gasteiger partial charge in [-0.2, -0.15) is 0 Å². The van der Waals surface area contributed by atoms with E-state index >= 15 is 0 Å². The summed E-state index contributed by atoms with van der Waals surface area (Å²) in [6.45, 7) is 1.69. The first kappa shape index (κ1) is 21.8. The standard InChI is InChI=1S/C24H30N2O4/c1-17-10-12-20(13-11-17)26(2)23(28)16-30-24(29)15-25-22(27)14-19-8-5-7-18-6-3-4-9-21(18)19/h3-9,17,20H,10-16H2,1-2H3,(H,25,27). The molecule has 3 rings (SSSR count). The number of nitrogens with zero attached hydrogens (tertiary/aromatic N) is 1. The van der Waals surface area contributed by atoms with Gasteiger partial charge in [-0.05, 0) is 47.9 Å². The fourth-order valence-electron chi connectivity index (χ4n) is 3.98. The molecule has 160 valence electrons. The van der Waals surface area contributed by atoms with E-state index in [2.05, 4.69) is 12.2 Å². The molecule has 2 amide bonds. The lowest BCUT2D eigenvalue weighted by molar-refractivity contribution is -0.152. The molecule has 0 spiro atoms. The van der Waals surface area contributed by atoms with Gasteiger partial charge in [0.1, 0.15) is 6.54 Å². The average molecular weight is 411 g/mol. The molecular formula is C24H30N2O4. The molecule has 1 N–H and O–H groups in total. The molecule has 0 heterocycles. The van der Waals surface area contributed by atoms with Crippen molar-refractivity contribution < 1.29 is 19.1 Å². The van der Waals surface area contributed by atoms with Crippen LogP contribution in [0.3, 0.4) is 0 Å². The minimum Gasteiger partial charge on any atom is -0.454 e. The average Bonchev–Trinajstić information content (AvgIpc) is 2.76. The van der Waals surface area contributed by atoms with E-state index < -0.39 is 5.97 Å². The molecule has 0 saturated heterocycles. The SMILES string of the molecule is CC1CCC(N(C)C(=O)COC(=O)CNC(=O)Cc2cccc3ccccc23)CC1. The highest BCUT2D eigenvalue weighted by atomic mass is 16.5. The predicted octanol–water partition coefficient (Wildman–Crippen LogP) is 3.08. The fraction of sp³-hybridized carbons (Fsp3) is 0.458. The Morgan fingerprint density at radius 1 is 1.03 bits per heavy atom. The molecule has 0 radical (unpaired) electrons. The quantitative estimate of drug-likeness (QED) is 0.712. The van der Waals surface area contributed by atoms with Crippen LogP contribution < -0.4 is 5.32 Å². The summed E-state index contributed by atoms with van der Waals surface area (Å²) < 4.78 is 5.06. The number of nitrogens with one attached hydrogen (secondary N) is 1. The van der Waals surface area contributed by atoms with Crippen molar-refractivity contribution in [3.63, 3.8) is 0 Å². The van der Waals surface area contributed by atoms with E-state index in [9.17, 15) is 14.4 Å². The summed E-state index contributed by atoms with van der Waals surface area (Å²) in [5.41, 5.74) is 0.901. The minimum absolute atomic E-state index is 0.177. The first-order chi connectivity index (χ1) is 14.4. The van der Waals surface area contributed by atoms with Gasteiger partial charge in [-0.25, -0.2) is 0 Å². The Morgan fingerprint density at radius 2 is 1.73 bits per heavy atom. The normalized spacial score (nSPS) is 18.6. The second kappa shape index (κ2) is 10.2. The Kier molecular flexibility index (Phi) is 7.44. The Balaban J connectivity index is 1.41. The summed E-state index contributed by atoms with van der Waals surface area (Å²) in [6.07, 6.45) is 4.38. The van der Waals surface area contributed by atoms with Crippen LogP contribution in [0.25, 0.3) is 10.8 Å². The van der Waals surface area contributed by atoms with Crippen molar-refractivity contribution in [1.29, 1.82) is 0 Å². The Bertz CT molecular complexity index is 898. The van der Waals surface area contributed by atoms with Crippen molar-refractivity contribution in [2.75, 3.05) is 20.2 Å². The Morgan fingerprint density at radius 3 is 2.50 bits per heavy atom. The lowest BCUT2D eigenvalue weighted by atomic mass is 9.87. The first-order valence-electron chi connectivity index (χ1n) is 10.6. The molecule has 1 aliphatic carbocycles. The van der Waals surface area contributed by atoms with Crippen molar-refractivity contribution >= 4 is 28.6 Å². The van der Waals surface area contributed by atoms with E-state index in [1.165, 1.54) is 0 Å². The predicted molar refractivity (Wildman–Crippen MR) is 116 cm³/mol. The number of carbonyl (C=O) groups excluding carboxylic acids is 3. The minimum atomic E-state index is -0.611. The number of hydrogen-bond donors (Lipinski definition) is 1. The van der Waals surface area contributed by atoms with Crippen LogP contribution >= 0.6 is 0 Å². The van der Waals surface area contributed by atoms with Crippen molar-refractivity contribution in [1.82, 2.24) is 10.2 Å². The monoisotopic (exact) mass is 410 g/mol. The van der Waals surface area contributed by atoms with Crippen LogP contribution in [0, 0.1) is 5.92 Å². The number of carbonyl (C=O) groups is 3. The molecule has 0 atom stereocenters. The van der Waals surface area contributed by atoms with Crippen molar-refractivity contribution in [2.24, 2.45) is 5.92 Å². The van der Waals surface area contributed by atoms with Crippen LogP contribution in [-0.2, 0) is 25.5 Å². The molecule has 30 heavy (non-hydrogen) atoms. The Labute approximate surface area is 177 Å². The van der Waals surface area contributed by atoms with Gasteiger partial charge in [0.15, 0.2) is 6.61 Å². The summed E-state index contributed by atoms with van der Waals surface area (Å²) >= 11 is 0. The highest BCUT2D eigenvalue weighted by molar-refractivity contribution is 5.91. The maximum atomic E-state index is 12.3. The zero-order valence-corrected chi connectivity index (χ0v) is 17.7. The zero-order valence-electron chi connectivity index (χ0n) is 17.7. The van der Waals surface area contributed by atoms with E-state index in [4.69, 9.17) is 4.74 Å². The van der Waals surface area contributed by atoms with Gasteiger partial charge in [0.05, 0.1) is 6.42 Å². The lowest BCUT2D eigenvalue weighted by Crippen LogP contribution is -2.42. The third-order valence-electron chi connectivity index (χ3n) is 5.94. The molecule has 2 aromatic carbocycles. The molecule has 1 fully saturated rings. The molecule has 0 unspecified atom stereocenters. The molecule has 6 nitrogen and oxygen atoms in total. The van der Waals surface area contributed by atoms with Crippen molar-refractivity contribution in [2.45, 2.75) is 45.1 Å². The third kappa shape index (κ3) is 5.81. The topological polar surface area (TPSA) is 75.7 Å². The van der Waals surface area contributed by atoms with Crippen LogP contribution in [0.15, 0.2) is 42.5 Å². The van der Waals surface area contributed by atoms with Crippen LogP contribution in [0.5, 0.6) is 0 Å². The van der Waals surface area contributed by atoms with E-state index in [0.717, 1.165) is 42.0 Å². The van der Waals surface area contributed by atoms with E-state index in [0.29, 0.717) is 5.92 Å². The van der Waals surface area contributed by atoms with Gasteiger partial charge in [-0.3, -0.25) is 14.4 Å². The number of fused-ring (bicyclic) bond motifs is 1. The number of amides is 2. The molecule has 0 aromatic heterocycles. The van der Waals surface area contributed by atoms with Gasteiger partial charge in [0.2, 0.25) is 5.91 Å². The molecular weight excluding hydrogens is 380 g/mol. The number of likely N-dealkylation sites (N-methyl/N-ethyl adjacent to an activating group) is 1. The number of benzene rings is 2. The molecule has 0 aliphatic heterocycles. The summed E-state index contributed by atoms with van der Waals surface area (Å²) in [4.78, 5) is 38.2. The lowest BCUT2D eigenvalue weighted by Gasteiger charge is -2.33. The maximum Gasteiger partial charge on any atom is 0.325 e. The van der Waals surface area contributed by atoms with Crippen LogP contribution in [-0.4, -0.2) is 48.9 Å². The van der Waals surface area contributed by atoms with E-state index in [1.54, 1.807) is 11.9 Å². The molecule has 2 aromatic rings. The van der Waals surface area contributed by atoms with Crippen molar-refractivity contribution in [3.05, 3.63) is 48.0 Å². The van der Waals surface area contributed by atoms with Gasteiger partial charge >= 0.3 is 5.97 Å². The molecule has 6 heteroatoms. The molecule has 1 aliphatic rings. The first-order valence-corrected chi connectivity index (χ1v) is 10.6. The molecule has 0 bridgehead atoms. The van der Waals surface area contributed by atoms with Gasteiger partial charge in [-0.15, -0.1) is 0 Å². The van der Waals surface area contributed by atoms with E-state index in [-0.39, 0.29) is 37.4 Å². The van der Waals surface area contributed by atoms with E-state index in [1.807, 2.05) is 42.5 Å². The Hall–Kier alpha value is -2.89. The molecule has 1 saturated carbocycles. The van der Waals surface area contributed by atoms with Gasteiger partial charge < -0.3 is 15.0 Å². The fourth-order valence-corrected chi connectivity index (χ4v) is 3.98. The summed E-state index contributed by atoms with van der Waals surface area (Å²) in [7, 11) is 1.77. The highest BCUT2D eigenvalue weighted by Gasteiger charge is 2.25. The second-order valence-electron chi connectivity index (χ2n) is 8.17. The van der Waals surface area contributed by atoms with Gasteiger partial charge in [0.25, 0.3) is 5.91 Å². The summed E-state index contributed by atoms with van der Waals surface area (Å²) in [6, 6.07) is 13.9. The van der Waals surface area contributed by atoms with Crippen LogP contribution in [0.1, 0.15) is 38.2 Å².